The van der Waals surface area contributed by atoms with Crippen molar-refractivity contribution in [2.24, 2.45) is 5.73 Å². The van der Waals surface area contributed by atoms with Crippen molar-refractivity contribution in [1.29, 1.82) is 0 Å². The smallest absolute Gasteiger partial charge is 0.247 e. The van der Waals surface area contributed by atoms with Gasteiger partial charge in [-0.15, -0.1) is 0 Å². The van der Waals surface area contributed by atoms with Gasteiger partial charge in [0, 0.05) is 18.0 Å². The Balaban J connectivity index is 2.34. The first-order valence-corrected chi connectivity index (χ1v) is 5.73. The molecule has 5 nitrogen and oxygen atoms in total. The first-order valence-electron chi connectivity index (χ1n) is 5.73. The average Bonchev–Trinajstić information content (AvgIpc) is 2.89. The van der Waals surface area contributed by atoms with Gasteiger partial charge in [-0.05, 0) is 25.0 Å². The first kappa shape index (κ1) is 11.7. The molecule has 0 aliphatic carbocycles. The summed E-state index contributed by atoms with van der Waals surface area (Å²) in [7, 11) is 0. The van der Waals surface area contributed by atoms with Crippen LogP contribution in [0.3, 0.4) is 0 Å². The molecule has 90 valence electrons. The predicted octanol–water partition coefficient (Wildman–Crippen LogP) is 2.11. The Morgan fingerprint density at radius 1 is 1.24 bits per heavy atom. The fourth-order valence-electron chi connectivity index (χ4n) is 1.60. The van der Waals surface area contributed by atoms with E-state index in [9.17, 15) is 0 Å². The van der Waals surface area contributed by atoms with Crippen LogP contribution in [0.4, 0.5) is 0 Å². The largest absolute Gasteiger partial charge is 0.337 e. The van der Waals surface area contributed by atoms with Gasteiger partial charge in [0.15, 0.2) is 0 Å². The lowest BCUT2D eigenvalue weighted by molar-refractivity contribution is 0.268. The molecule has 0 spiro atoms. The highest BCUT2D eigenvalue weighted by atomic mass is 16.5. The van der Waals surface area contributed by atoms with Crippen LogP contribution in [0.15, 0.2) is 29.0 Å². The van der Waals surface area contributed by atoms with E-state index in [0.717, 1.165) is 18.4 Å². The molecule has 0 amide bonds. The molecular formula is C12H16N4O. The summed E-state index contributed by atoms with van der Waals surface area (Å²) in [5.74, 6) is 1.05. The maximum atomic E-state index is 6.20. The highest BCUT2D eigenvalue weighted by Crippen LogP contribution is 2.26. The number of pyridine rings is 1. The predicted molar refractivity (Wildman–Crippen MR) is 64.0 cm³/mol. The van der Waals surface area contributed by atoms with Crippen LogP contribution in [0.2, 0.25) is 0 Å². The lowest BCUT2D eigenvalue weighted by Gasteiger charge is -2.20. The van der Waals surface area contributed by atoms with Gasteiger partial charge in [-0.2, -0.15) is 4.98 Å². The van der Waals surface area contributed by atoms with Crippen LogP contribution in [-0.4, -0.2) is 15.1 Å². The average molecular weight is 232 g/mol. The van der Waals surface area contributed by atoms with Crippen molar-refractivity contribution in [3.05, 3.63) is 30.4 Å². The summed E-state index contributed by atoms with van der Waals surface area (Å²) in [6, 6.07) is 3.68. The van der Waals surface area contributed by atoms with E-state index in [1.54, 1.807) is 12.4 Å². The molecule has 0 unspecified atom stereocenters. The van der Waals surface area contributed by atoms with E-state index in [0.29, 0.717) is 11.7 Å². The quantitative estimate of drug-likeness (QED) is 0.873. The van der Waals surface area contributed by atoms with Gasteiger partial charge in [0.2, 0.25) is 11.7 Å². The summed E-state index contributed by atoms with van der Waals surface area (Å²) in [6.45, 7) is 4.03. The normalized spacial score (nSPS) is 11.7. The summed E-state index contributed by atoms with van der Waals surface area (Å²) < 4.78 is 5.26. The van der Waals surface area contributed by atoms with Crippen molar-refractivity contribution in [2.75, 3.05) is 0 Å². The van der Waals surface area contributed by atoms with E-state index in [1.807, 2.05) is 26.0 Å². The molecule has 0 aliphatic rings. The molecule has 0 aromatic carbocycles. The summed E-state index contributed by atoms with van der Waals surface area (Å²) in [6.07, 6.45) is 4.92. The van der Waals surface area contributed by atoms with Crippen molar-refractivity contribution in [3.8, 4) is 11.4 Å². The molecular weight excluding hydrogens is 216 g/mol. The zero-order valence-corrected chi connectivity index (χ0v) is 10.1. The van der Waals surface area contributed by atoms with E-state index >= 15 is 0 Å². The molecule has 0 bridgehead atoms. The second-order valence-electron chi connectivity index (χ2n) is 4.02. The molecule has 0 radical (unpaired) electrons. The fraction of sp³-hybridized carbons (Fsp3) is 0.417. The molecule has 0 saturated heterocycles. The molecule has 17 heavy (non-hydrogen) atoms. The fourth-order valence-corrected chi connectivity index (χ4v) is 1.60. The van der Waals surface area contributed by atoms with Gasteiger partial charge < -0.3 is 10.3 Å². The summed E-state index contributed by atoms with van der Waals surface area (Å²) >= 11 is 0. The van der Waals surface area contributed by atoms with Gasteiger partial charge in [-0.1, -0.05) is 19.0 Å². The summed E-state index contributed by atoms with van der Waals surface area (Å²) in [4.78, 5) is 8.31. The van der Waals surface area contributed by atoms with Gasteiger partial charge >= 0.3 is 0 Å². The molecule has 2 heterocycles. The van der Waals surface area contributed by atoms with Crippen LogP contribution in [0.5, 0.6) is 0 Å². The van der Waals surface area contributed by atoms with E-state index in [4.69, 9.17) is 10.3 Å². The number of rotatable bonds is 4. The summed E-state index contributed by atoms with van der Waals surface area (Å²) in [5, 5.41) is 3.95. The zero-order chi connectivity index (χ0) is 12.3. The van der Waals surface area contributed by atoms with Crippen LogP contribution < -0.4 is 5.73 Å². The van der Waals surface area contributed by atoms with Crippen LogP contribution in [0.1, 0.15) is 32.6 Å². The van der Waals surface area contributed by atoms with Crippen molar-refractivity contribution >= 4 is 0 Å². The molecule has 0 fully saturated rings. The van der Waals surface area contributed by atoms with Gasteiger partial charge in [0.1, 0.15) is 0 Å². The highest BCUT2D eigenvalue weighted by Gasteiger charge is 2.29. The van der Waals surface area contributed by atoms with Gasteiger partial charge in [0.25, 0.3) is 0 Å². The molecule has 5 heteroatoms. The molecule has 2 N–H and O–H groups in total. The Hall–Kier alpha value is -1.75. The molecule has 0 atom stereocenters. The highest BCUT2D eigenvalue weighted by molar-refractivity contribution is 5.52. The molecule has 0 saturated carbocycles. The zero-order valence-electron chi connectivity index (χ0n) is 10.1. The molecule has 2 rings (SSSR count). The van der Waals surface area contributed by atoms with E-state index in [1.165, 1.54) is 0 Å². The minimum atomic E-state index is -0.529. The first-order chi connectivity index (χ1) is 8.19. The van der Waals surface area contributed by atoms with E-state index in [2.05, 4.69) is 15.1 Å². The van der Waals surface area contributed by atoms with Crippen molar-refractivity contribution in [1.82, 2.24) is 15.1 Å². The number of nitrogens with zero attached hydrogens (tertiary/aromatic N) is 3. The third kappa shape index (κ3) is 2.19. The third-order valence-electron chi connectivity index (χ3n) is 3.05. The minimum Gasteiger partial charge on any atom is -0.337 e. The lowest BCUT2D eigenvalue weighted by Crippen LogP contribution is -2.35. The topological polar surface area (TPSA) is 77.8 Å². The van der Waals surface area contributed by atoms with E-state index < -0.39 is 5.54 Å². The Labute approximate surface area is 100 Å². The number of hydrogen-bond donors (Lipinski definition) is 1. The Kier molecular flexibility index (Phi) is 3.19. The second kappa shape index (κ2) is 4.63. The Morgan fingerprint density at radius 3 is 2.47 bits per heavy atom. The summed E-state index contributed by atoms with van der Waals surface area (Å²) in [5.41, 5.74) is 6.55. The maximum absolute atomic E-state index is 6.20. The minimum absolute atomic E-state index is 0.495. The van der Waals surface area contributed by atoms with E-state index in [-0.39, 0.29) is 0 Å². The van der Waals surface area contributed by atoms with Crippen LogP contribution >= 0.6 is 0 Å². The van der Waals surface area contributed by atoms with Crippen molar-refractivity contribution in [3.63, 3.8) is 0 Å². The second-order valence-corrected chi connectivity index (χ2v) is 4.02. The molecule has 2 aromatic rings. The van der Waals surface area contributed by atoms with Crippen LogP contribution in [0, 0.1) is 0 Å². The third-order valence-corrected chi connectivity index (χ3v) is 3.05. The Bertz CT molecular complexity index is 476. The number of aromatic nitrogens is 3. The lowest BCUT2D eigenvalue weighted by atomic mass is 9.94. The van der Waals surface area contributed by atoms with Crippen molar-refractivity contribution < 1.29 is 4.52 Å². The SMILES string of the molecule is CCC(N)(CC)c1nc(-c2ccncc2)no1. The standard InChI is InChI=1S/C12H16N4O/c1-3-12(13,4-2)11-15-10(16-17-11)9-5-7-14-8-6-9/h5-8H,3-4,13H2,1-2H3. The van der Waals surface area contributed by atoms with Gasteiger partial charge in [-0.25, -0.2) is 0 Å². The maximum Gasteiger partial charge on any atom is 0.247 e. The van der Waals surface area contributed by atoms with Crippen LogP contribution in [-0.2, 0) is 5.54 Å². The number of hydrogen-bond acceptors (Lipinski definition) is 5. The molecule has 0 aliphatic heterocycles. The molecule has 2 aromatic heterocycles. The van der Waals surface area contributed by atoms with Crippen molar-refractivity contribution in [2.45, 2.75) is 32.2 Å². The van der Waals surface area contributed by atoms with Gasteiger partial charge in [0.05, 0.1) is 5.54 Å². The van der Waals surface area contributed by atoms with Gasteiger partial charge in [-0.3, -0.25) is 4.98 Å². The van der Waals surface area contributed by atoms with Crippen LogP contribution in [0.25, 0.3) is 11.4 Å². The monoisotopic (exact) mass is 232 g/mol. The Morgan fingerprint density at radius 2 is 1.88 bits per heavy atom. The number of nitrogens with two attached hydrogens (primary N) is 1.